The predicted molar refractivity (Wildman–Crippen MR) is 65.2 cm³/mol. The maximum Gasteiger partial charge on any atom is 0.249 e. The fourth-order valence-corrected chi connectivity index (χ4v) is 4.59. The first-order valence-electron chi connectivity index (χ1n) is 5.51. The molecule has 1 spiro atoms. The van der Waals surface area contributed by atoms with Crippen LogP contribution < -0.4 is 0 Å². The molecule has 0 aromatic carbocycles. The zero-order chi connectivity index (χ0) is 11.5. The van der Waals surface area contributed by atoms with Gasteiger partial charge in [-0.1, -0.05) is 13.8 Å². The average Bonchev–Trinajstić information content (AvgIpc) is 2.22. The van der Waals surface area contributed by atoms with Crippen LogP contribution in [-0.2, 0) is 0 Å². The number of halogens is 3. The van der Waals surface area contributed by atoms with Gasteiger partial charge in [-0.25, -0.2) is 11.9 Å². The van der Waals surface area contributed by atoms with Crippen LogP contribution in [0.2, 0.25) is 0 Å². The Kier molecular flexibility index (Phi) is 2.63. The van der Waals surface area contributed by atoms with E-state index < -0.39 is 5.92 Å². The van der Waals surface area contributed by atoms with Gasteiger partial charge >= 0.3 is 0 Å². The highest BCUT2D eigenvalue weighted by Crippen LogP contribution is 2.62. The number of nitrogens with zero attached hydrogens (tertiary/aromatic N) is 1. The van der Waals surface area contributed by atoms with Crippen molar-refractivity contribution < 1.29 is 8.78 Å². The minimum absolute atomic E-state index is 0.0935. The van der Waals surface area contributed by atoms with Crippen LogP contribution in [0.25, 0.3) is 0 Å². The van der Waals surface area contributed by atoms with Crippen molar-refractivity contribution in [2.75, 3.05) is 6.54 Å². The topological polar surface area (TPSA) is 3.24 Å². The van der Waals surface area contributed by atoms with Crippen LogP contribution in [0, 0.1) is 11.3 Å². The van der Waals surface area contributed by atoms with E-state index in [9.17, 15) is 8.78 Å². The maximum atomic E-state index is 13.0. The normalized spacial score (nSPS) is 38.6. The molecule has 88 valence electrons. The highest BCUT2D eigenvalue weighted by atomic mass is 127. The van der Waals surface area contributed by atoms with Gasteiger partial charge in [0.05, 0.1) is 0 Å². The van der Waals surface area contributed by atoms with Gasteiger partial charge in [0.2, 0.25) is 5.92 Å². The summed E-state index contributed by atoms with van der Waals surface area (Å²) in [7, 11) is 0. The lowest BCUT2D eigenvalue weighted by Gasteiger charge is -2.45. The van der Waals surface area contributed by atoms with Gasteiger partial charge in [-0.3, -0.25) is 0 Å². The molecule has 1 atom stereocenters. The molecule has 2 fully saturated rings. The first-order valence-corrected chi connectivity index (χ1v) is 6.47. The minimum atomic E-state index is -2.39. The van der Waals surface area contributed by atoms with Gasteiger partial charge in [-0.2, -0.15) is 0 Å². The molecule has 2 rings (SSSR count). The van der Waals surface area contributed by atoms with Gasteiger partial charge in [0.1, 0.15) is 0 Å². The zero-order valence-corrected chi connectivity index (χ0v) is 11.6. The highest BCUT2D eigenvalue weighted by Gasteiger charge is 2.63. The van der Waals surface area contributed by atoms with Crippen LogP contribution in [0.1, 0.15) is 40.0 Å². The third-order valence-corrected chi connectivity index (χ3v) is 5.72. The van der Waals surface area contributed by atoms with Gasteiger partial charge in [0.25, 0.3) is 0 Å². The second kappa shape index (κ2) is 3.28. The van der Waals surface area contributed by atoms with E-state index in [0.717, 1.165) is 13.0 Å². The first kappa shape index (κ1) is 12.0. The van der Waals surface area contributed by atoms with Crippen LogP contribution in [-0.4, -0.2) is 21.1 Å². The molecule has 0 N–H and O–H groups in total. The third kappa shape index (κ3) is 1.81. The van der Waals surface area contributed by atoms with Gasteiger partial charge in [-0.15, -0.1) is 0 Å². The Balaban J connectivity index is 2.12. The summed E-state index contributed by atoms with van der Waals surface area (Å²) in [5, 5.41) is 0. The molecular weight excluding hydrogens is 311 g/mol. The molecule has 1 aliphatic carbocycles. The van der Waals surface area contributed by atoms with E-state index in [1.165, 1.54) is 0 Å². The van der Waals surface area contributed by atoms with Crippen LogP contribution >= 0.6 is 22.9 Å². The summed E-state index contributed by atoms with van der Waals surface area (Å²) < 4.78 is 28.2. The summed E-state index contributed by atoms with van der Waals surface area (Å²) in [6.07, 6.45) is 1.12. The third-order valence-electron chi connectivity index (χ3n) is 4.27. The second-order valence-corrected chi connectivity index (χ2v) is 7.08. The van der Waals surface area contributed by atoms with E-state index in [4.69, 9.17) is 0 Å². The van der Waals surface area contributed by atoms with E-state index in [1.807, 2.05) is 0 Å². The smallest absolute Gasteiger partial charge is 0.241 e. The minimum Gasteiger partial charge on any atom is -0.241 e. The van der Waals surface area contributed by atoms with Crippen molar-refractivity contribution in [2.45, 2.75) is 51.5 Å². The molecule has 1 unspecified atom stereocenters. The number of alkyl halides is 2. The lowest BCUT2D eigenvalue weighted by Crippen LogP contribution is -2.47. The Morgan fingerprint density at radius 3 is 2.07 bits per heavy atom. The average molecular weight is 329 g/mol. The van der Waals surface area contributed by atoms with E-state index in [2.05, 4.69) is 46.7 Å². The molecule has 4 heteroatoms. The van der Waals surface area contributed by atoms with Crippen molar-refractivity contribution in [1.29, 1.82) is 0 Å². The Hall–Kier alpha value is 0.550. The number of rotatable bonds is 1. The van der Waals surface area contributed by atoms with Crippen molar-refractivity contribution in [2.24, 2.45) is 11.3 Å². The molecule has 1 saturated heterocycles. The van der Waals surface area contributed by atoms with Crippen LogP contribution in [0.15, 0.2) is 0 Å². The molecule has 15 heavy (non-hydrogen) atoms. The summed E-state index contributed by atoms with van der Waals surface area (Å²) in [4.78, 5) is 0. The molecular formula is C11H18F2IN. The fraction of sp³-hybridized carbons (Fsp3) is 1.00. The zero-order valence-electron chi connectivity index (χ0n) is 9.49. The molecule has 0 bridgehead atoms. The first-order chi connectivity index (χ1) is 6.69. The predicted octanol–water partition coefficient (Wildman–Crippen LogP) is 3.87. The molecule has 0 amide bonds. The fourth-order valence-electron chi connectivity index (χ4n) is 3.14. The van der Waals surface area contributed by atoms with Crippen molar-refractivity contribution in [3.8, 4) is 0 Å². The Bertz CT molecular complexity index is 272. The highest BCUT2D eigenvalue weighted by molar-refractivity contribution is 14.1. The summed E-state index contributed by atoms with van der Waals surface area (Å²) in [6, 6.07) is 0. The van der Waals surface area contributed by atoms with Crippen LogP contribution in [0.5, 0.6) is 0 Å². The number of hydrogen-bond acceptors (Lipinski definition) is 1. The number of hydrogen-bond donors (Lipinski definition) is 0. The van der Waals surface area contributed by atoms with Crippen LogP contribution in [0.3, 0.4) is 0 Å². The Morgan fingerprint density at radius 2 is 1.73 bits per heavy atom. The molecule has 1 aliphatic heterocycles. The summed E-state index contributed by atoms with van der Waals surface area (Å²) >= 11 is 2.31. The SMILES string of the molecule is CC(C)C1(C)CC2(CN1I)CC(F)(F)C2. The quantitative estimate of drug-likeness (QED) is 0.521. The van der Waals surface area contributed by atoms with E-state index in [1.54, 1.807) is 0 Å². The molecule has 0 aromatic heterocycles. The van der Waals surface area contributed by atoms with Crippen molar-refractivity contribution in [1.82, 2.24) is 3.11 Å². The van der Waals surface area contributed by atoms with E-state index >= 15 is 0 Å². The van der Waals surface area contributed by atoms with Gasteiger partial charge in [0, 0.05) is 47.8 Å². The van der Waals surface area contributed by atoms with Crippen LogP contribution in [0.4, 0.5) is 8.78 Å². The second-order valence-electron chi connectivity index (χ2n) is 5.92. The Labute approximate surface area is 104 Å². The largest absolute Gasteiger partial charge is 0.249 e. The molecule has 0 aromatic rings. The Morgan fingerprint density at radius 1 is 1.20 bits per heavy atom. The molecule has 0 radical (unpaired) electrons. The maximum absolute atomic E-state index is 13.0. The van der Waals surface area contributed by atoms with Gasteiger partial charge in [0.15, 0.2) is 0 Å². The van der Waals surface area contributed by atoms with E-state index in [0.29, 0.717) is 5.92 Å². The lowest BCUT2D eigenvalue weighted by atomic mass is 9.62. The van der Waals surface area contributed by atoms with Crippen molar-refractivity contribution >= 4 is 22.9 Å². The van der Waals surface area contributed by atoms with Gasteiger partial charge < -0.3 is 0 Å². The summed E-state index contributed by atoms with van der Waals surface area (Å²) in [5.41, 5.74) is 0.000764. The summed E-state index contributed by atoms with van der Waals surface area (Å²) in [5.74, 6) is -1.87. The van der Waals surface area contributed by atoms with Crippen molar-refractivity contribution in [3.05, 3.63) is 0 Å². The lowest BCUT2D eigenvalue weighted by molar-refractivity contribution is -0.155. The van der Waals surface area contributed by atoms with Gasteiger partial charge in [-0.05, 0) is 24.7 Å². The standard InChI is InChI=1S/C11H18F2IN/c1-8(2)9(3)4-10(7-15(9)14)5-11(12,13)6-10/h8H,4-7H2,1-3H3. The summed E-state index contributed by atoms with van der Waals surface area (Å²) in [6.45, 7) is 7.40. The molecule has 2 aliphatic rings. The molecule has 1 nitrogen and oxygen atoms in total. The van der Waals surface area contributed by atoms with E-state index in [-0.39, 0.29) is 23.8 Å². The van der Waals surface area contributed by atoms with Crippen molar-refractivity contribution in [3.63, 3.8) is 0 Å². The molecule has 1 saturated carbocycles. The molecule has 1 heterocycles. The monoisotopic (exact) mass is 329 g/mol.